The molecular formula is C16H16ClNO2S2. The van der Waals surface area contributed by atoms with Crippen molar-refractivity contribution < 1.29 is 8.42 Å². The number of hydrogen-bond acceptors (Lipinski definition) is 3. The molecule has 1 atom stereocenters. The topological polar surface area (TPSA) is 37.4 Å². The predicted molar refractivity (Wildman–Crippen MR) is 91.7 cm³/mol. The lowest BCUT2D eigenvalue weighted by atomic mass is 10.2. The molecule has 0 bridgehead atoms. The molecule has 0 unspecified atom stereocenters. The number of rotatable bonds is 3. The number of hydrogen-bond donors (Lipinski definition) is 0. The summed E-state index contributed by atoms with van der Waals surface area (Å²) in [5, 5.41) is 0.339. The van der Waals surface area contributed by atoms with Crippen molar-refractivity contribution in [1.82, 2.24) is 4.31 Å². The van der Waals surface area contributed by atoms with E-state index in [0.29, 0.717) is 16.5 Å². The number of sulfonamides is 1. The van der Waals surface area contributed by atoms with Crippen molar-refractivity contribution >= 4 is 33.4 Å². The van der Waals surface area contributed by atoms with Crippen LogP contribution < -0.4 is 0 Å². The van der Waals surface area contributed by atoms with Gasteiger partial charge in [0.2, 0.25) is 10.0 Å². The fourth-order valence-electron chi connectivity index (χ4n) is 2.47. The van der Waals surface area contributed by atoms with Crippen LogP contribution in [-0.2, 0) is 10.0 Å². The van der Waals surface area contributed by atoms with E-state index in [1.165, 1.54) is 0 Å². The molecule has 1 aliphatic rings. The third-order valence-electron chi connectivity index (χ3n) is 3.65. The first-order chi connectivity index (χ1) is 10.5. The van der Waals surface area contributed by atoms with Crippen molar-refractivity contribution in [2.24, 2.45) is 0 Å². The molecule has 0 radical (unpaired) electrons. The summed E-state index contributed by atoms with van der Waals surface area (Å²) < 4.78 is 27.4. The number of benzene rings is 2. The summed E-state index contributed by atoms with van der Waals surface area (Å²) in [5.41, 5.74) is 1.89. The van der Waals surface area contributed by atoms with E-state index in [1.54, 1.807) is 34.3 Å². The second-order valence-corrected chi connectivity index (χ2v) is 8.66. The first-order valence-corrected chi connectivity index (χ1v) is 9.81. The molecule has 1 heterocycles. The smallest absolute Gasteiger partial charge is 0.207 e. The summed E-state index contributed by atoms with van der Waals surface area (Å²) in [5.74, 6) is 0.765. The van der Waals surface area contributed by atoms with E-state index in [2.05, 4.69) is 0 Å². The Balaban J connectivity index is 1.99. The highest BCUT2D eigenvalue weighted by molar-refractivity contribution is 8.01. The number of aryl methyl sites for hydroxylation is 1. The average Bonchev–Trinajstić information content (AvgIpc) is 2.98. The highest BCUT2D eigenvalue weighted by atomic mass is 35.5. The van der Waals surface area contributed by atoms with Crippen LogP contribution in [0.4, 0.5) is 0 Å². The third kappa shape index (κ3) is 2.91. The van der Waals surface area contributed by atoms with Gasteiger partial charge in [-0.05, 0) is 30.7 Å². The van der Waals surface area contributed by atoms with Crippen molar-refractivity contribution in [3.05, 3.63) is 64.7 Å². The molecule has 2 aromatic carbocycles. The molecule has 6 heteroatoms. The zero-order valence-corrected chi connectivity index (χ0v) is 14.5. The molecule has 0 amide bonds. The van der Waals surface area contributed by atoms with Crippen LogP contribution in [0.15, 0.2) is 53.4 Å². The largest absolute Gasteiger partial charge is 0.244 e. The van der Waals surface area contributed by atoms with Gasteiger partial charge >= 0.3 is 0 Å². The normalized spacial score (nSPS) is 19.5. The maximum atomic E-state index is 12.9. The molecule has 3 rings (SSSR count). The van der Waals surface area contributed by atoms with Crippen LogP contribution in [0.25, 0.3) is 0 Å². The highest BCUT2D eigenvalue weighted by Crippen LogP contribution is 2.43. The molecule has 0 aliphatic carbocycles. The van der Waals surface area contributed by atoms with Crippen LogP contribution in [0.1, 0.15) is 16.5 Å². The van der Waals surface area contributed by atoms with Gasteiger partial charge in [-0.25, -0.2) is 8.42 Å². The Kier molecular flexibility index (Phi) is 4.50. The van der Waals surface area contributed by atoms with Crippen LogP contribution in [0.5, 0.6) is 0 Å². The Morgan fingerprint density at radius 2 is 1.82 bits per heavy atom. The van der Waals surface area contributed by atoms with E-state index in [4.69, 9.17) is 11.6 Å². The summed E-state index contributed by atoms with van der Waals surface area (Å²) in [6.45, 7) is 2.44. The molecule has 2 aromatic rings. The van der Waals surface area contributed by atoms with E-state index >= 15 is 0 Å². The summed E-state index contributed by atoms with van der Waals surface area (Å²) in [6, 6.07) is 14.4. The van der Waals surface area contributed by atoms with E-state index < -0.39 is 10.0 Å². The first kappa shape index (κ1) is 15.9. The SMILES string of the molecule is Cc1ccc(S(=O)(=O)N2CCS[C@H]2c2ccccc2Cl)cc1. The van der Waals surface area contributed by atoms with Gasteiger partial charge in [-0.3, -0.25) is 0 Å². The number of halogens is 1. The van der Waals surface area contributed by atoms with Crippen LogP contribution in [0.2, 0.25) is 5.02 Å². The minimum Gasteiger partial charge on any atom is -0.207 e. The van der Waals surface area contributed by atoms with Gasteiger partial charge in [0, 0.05) is 17.3 Å². The quantitative estimate of drug-likeness (QED) is 0.834. The Labute approximate surface area is 140 Å². The Morgan fingerprint density at radius 3 is 2.50 bits per heavy atom. The Bertz CT molecular complexity index is 775. The molecule has 116 valence electrons. The zero-order valence-electron chi connectivity index (χ0n) is 12.1. The van der Waals surface area contributed by atoms with Crippen molar-refractivity contribution in [2.75, 3.05) is 12.3 Å². The molecule has 1 aliphatic heterocycles. The monoisotopic (exact) mass is 353 g/mol. The lowest BCUT2D eigenvalue weighted by Gasteiger charge is -2.24. The fraction of sp³-hybridized carbons (Fsp3) is 0.250. The fourth-order valence-corrected chi connectivity index (χ4v) is 6.04. The van der Waals surface area contributed by atoms with Gasteiger partial charge in [-0.1, -0.05) is 47.5 Å². The second kappa shape index (κ2) is 6.24. The Hall–Kier alpha value is -1.01. The molecule has 0 aromatic heterocycles. The molecule has 0 saturated carbocycles. The number of nitrogens with zero attached hydrogens (tertiary/aromatic N) is 1. The van der Waals surface area contributed by atoms with Gasteiger partial charge in [0.15, 0.2) is 0 Å². The first-order valence-electron chi connectivity index (χ1n) is 6.95. The van der Waals surface area contributed by atoms with E-state index in [1.807, 2.05) is 37.3 Å². The standard InChI is InChI=1S/C16H16ClNO2S2/c1-12-6-8-13(9-7-12)22(19,20)18-10-11-21-16(18)14-4-2-3-5-15(14)17/h2-9,16H,10-11H2,1H3/t16-/m0/s1. The van der Waals surface area contributed by atoms with Crippen LogP contribution >= 0.6 is 23.4 Å². The van der Waals surface area contributed by atoms with Gasteiger partial charge in [0.1, 0.15) is 0 Å². The van der Waals surface area contributed by atoms with Crippen molar-refractivity contribution in [3.8, 4) is 0 Å². The van der Waals surface area contributed by atoms with Crippen molar-refractivity contribution in [2.45, 2.75) is 17.2 Å². The maximum absolute atomic E-state index is 12.9. The summed E-state index contributed by atoms with van der Waals surface area (Å²) in [6.07, 6.45) is 0. The zero-order chi connectivity index (χ0) is 15.7. The lowest BCUT2D eigenvalue weighted by Crippen LogP contribution is -2.30. The second-order valence-electron chi connectivity index (χ2n) is 5.17. The van der Waals surface area contributed by atoms with Crippen LogP contribution in [0.3, 0.4) is 0 Å². The highest BCUT2D eigenvalue weighted by Gasteiger charge is 2.37. The average molecular weight is 354 g/mol. The van der Waals surface area contributed by atoms with Gasteiger partial charge in [0.05, 0.1) is 10.3 Å². The lowest BCUT2D eigenvalue weighted by molar-refractivity contribution is 0.434. The van der Waals surface area contributed by atoms with Crippen molar-refractivity contribution in [3.63, 3.8) is 0 Å². The molecule has 22 heavy (non-hydrogen) atoms. The van der Waals surface area contributed by atoms with Crippen LogP contribution in [-0.4, -0.2) is 25.0 Å². The molecule has 1 fully saturated rings. The minimum atomic E-state index is -3.52. The summed E-state index contributed by atoms with van der Waals surface area (Å²) in [7, 11) is -3.52. The molecule has 0 N–H and O–H groups in total. The van der Waals surface area contributed by atoms with Crippen LogP contribution in [0, 0.1) is 6.92 Å². The van der Waals surface area contributed by atoms with E-state index in [0.717, 1.165) is 16.9 Å². The van der Waals surface area contributed by atoms with E-state index in [-0.39, 0.29) is 5.37 Å². The van der Waals surface area contributed by atoms with Gasteiger partial charge in [-0.15, -0.1) is 11.8 Å². The molecule has 0 spiro atoms. The summed E-state index contributed by atoms with van der Waals surface area (Å²) >= 11 is 7.86. The third-order valence-corrected chi connectivity index (χ3v) is 7.25. The minimum absolute atomic E-state index is 0.264. The van der Waals surface area contributed by atoms with Gasteiger partial charge < -0.3 is 0 Å². The number of thioether (sulfide) groups is 1. The van der Waals surface area contributed by atoms with E-state index in [9.17, 15) is 8.42 Å². The molecular weight excluding hydrogens is 338 g/mol. The molecule has 3 nitrogen and oxygen atoms in total. The summed E-state index contributed by atoms with van der Waals surface area (Å²) in [4.78, 5) is 0.331. The molecule has 1 saturated heterocycles. The maximum Gasteiger partial charge on any atom is 0.244 e. The predicted octanol–water partition coefficient (Wildman–Crippen LogP) is 4.08. The van der Waals surface area contributed by atoms with Crippen molar-refractivity contribution in [1.29, 1.82) is 0 Å². The van der Waals surface area contributed by atoms with Gasteiger partial charge in [-0.2, -0.15) is 4.31 Å². The van der Waals surface area contributed by atoms with Gasteiger partial charge in [0.25, 0.3) is 0 Å². The Morgan fingerprint density at radius 1 is 1.14 bits per heavy atom.